The number of carbonyl (C=O) groups excluding carboxylic acids is 1. The van der Waals surface area contributed by atoms with E-state index in [-0.39, 0.29) is 11.1 Å². The number of para-hydroxylation sites is 1. The van der Waals surface area contributed by atoms with E-state index in [0.717, 1.165) is 43.8 Å². The smallest absolute Gasteiger partial charge is 0.347 e. The predicted molar refractivity (Wildman–Crippen MR) is 142 cm³/mol. The predicted octanol–water partition coefficient (Wildman–Crippen LogP) is 7.42. The highest BCUT2D eigenvalue weighted by molar-refractivity contribution is 9.12. The lowest BCUT2D eigenvalue weighted by Gasteiger charge is -2.25. The Balaban J connectivity index is 1.59. The second-order valence-corrected chi connectivity index (χ2v) is 9.69. The molecule has 0 unspecified atom stereocenters. The van der Waals surface area contributed by atoms with Crippen molar-refractivity contribution in [2.75, 3.05) is 18.1 Å². The third-order valence-electron chi connectivity index (χ3n) is 6.24. The molecular weight excluding hydrogens is 552 g/mol. The number of aromatic nitrogens is 2. The van der Waals surface area contributed by atoms with Gasteiger partial charge in [-0.3, -0.25) is 0 Å². The zero-order chi connectivity index (χ0) is 25.0. The van der Waals surface area contributed by atoms with Gasteiger partial charge in [-0.2, -0.15) is 0 Å². The van der Waals surface area contributed by atoms with Crippen LogP contribution in [0.4, 0.5) is 14.6 Å². The Morgan fingerprint density at radius 2 is 1.81 bits per heavy atom. The number of H-pyrrole nitrogens is 1. The molecule has 1 aliphatic heterocycles. The molecule has 0 fully saturated rings. The van der Waals surface area contributed by atoms with E-state index in [2.05, 4.69) is 20.9 Å². The number of cyclic esters (lactones) is 1. The van der Waals surface area contributed by atoms with Crippen LogP contribution in [-0.4, -0.2) is 35.5 Å². The van der Waals surface area contributed by atoms with Crippen LogP contribution in [0.2, 0.25) is 5.02 Å². The number of benzene rings is 3. The van der Waals surface area contributed by atoms with E-state index >= 15 is 0 Å². The summed E-state index contributed by atoms with van der Waals surface area (Å²) in [5.74, 6) is -0.132. The number of aromatic amines is 1. The highest BCUT2D eigenvalue weighted by atomic mass is 79.9. The maximum Gasteiger partial charge on any atom is 0.347 e. The highest BCUT2D eigenvalue weighted by Gasteiger charge is 2.32. The minimum Gasteiger partial charge on any atom is -0.455 e. The van der Waals surface area contributed by atoms with E-state index in [0.29, 0.717) is 16.5 Å². The van der Waals surface area contributed by atoms with Crippen molar-refractivity contribution < 1.29 is 18.3 Å². The Bertz CT molecular complexity index is 1720. The largest absolute Gasteiger partial charge is 0.455 e. The molecule has 2 aromatic heterocycles. The summed E-state index contributed by atoms with van der Waals surface area (Å²) in [6, 6.07) is 21.0. The fraction of sp³-hybridized carbons (Fsp3) is 0.111. The van der Waals surface area contributed by atoms with Crippen LogP contribution in [0, 0.1) is 0 Å². The normalized spacial score (nSPS) is 14.0. The molecule has 0 amide bonds. The molecule has 0 atom stereocenters. The lowest BCUT2D eigenvalue weighted by Crippen LogP contribution is -2.30. The quantitative estimate of drug-likeness (QED) is 0.177. The van der Waals surface area contributed by atoms with Gasteiger partial charge in [-0.15, -0.1) is 0 Å². The van der Waals surface area contributed by atoms with Gasteiger partial charge in [-0.1, -0.05) is 48.0 Å². The number of alkyl halides is 2. The summed E-state index contributed by atoms with van der Waals surface area (Å²) < 4.78 is 32.8. The van der Waals surface area contributed by atoms with Crippen LogP contribution in [0.3, 0.4) is 0 Å². The lowest BCUT2D eigenvalue weighted by molar-refractivity contribution is -0.135. The van der Waals surface area contributed by atoms with Crippen molar-refractivity contribution in [1.29, 1.82) is 0 Å². The molecule has 1 aliphatic rings. The van der Waals surface area contributed by atoms with Gasteiger partial charge in [0.25, 0.3) is 6.43 Å². The second-order valence-electron chi connectivity index (χ2n) is 8.47. The topological polar surface area (TPSA) is 58.2 Å². The third kappa shape index (κ3) is 3.90. The summed E-state index contributed by atoms with van der Waals surface area (Å²) in [4.78, 5) is 21.6. The Hall–Kier alpha value is -3.49. The summed E-state index contributed by atoms with van der Waals surface area (Å²) in [7, 11) is 0. The van der Waals surface area contributed by atoms with Gasteiger partial charge in [0, 0.05) is 32.3 Å². The molecule has 3 heterocycles. The molecule has 0 spiro atoms. The van der Waals surface area contributed by atoms with E-state index in [4.69, 9.17) is 21.3 Å². The molecular formula is C27H17BrClF2N3O2. The Morgan fingerprint density at radius 3 is 2.56 bits per heavy atom. The Kier molecular flexibility index (Phi) is 5.65. The number of hydrogen-bond donors (Lipinski definition) is 1. The molecule has 5 nitrogen and oxygen atoms in total. The van der Waals surface area contributed by atoms with Crippen LogP contribution in [0.15, 0.2) is 76.9 Å². The van der Waals surface area contributed by atoms with Gasteiger partial charge in [-0.25, -0.2) is 18.6 Å². The van der Waals surface area contributed by atoms with E-state index in [9.17, 15) is 13.6 Å². The number of esters is 1. The number of fused-ring (bicyclic) bond motifs is 3. The van der Waals surface area contributed by atoms with E-state index in [1.807, 2.05) is 66.7 Å². The van der Waals surface area contributed by atoms with Crippen LogP contribution in [0.5, 0.6) is 0 Å². The molecule has 0 saturated heterocycles. The summed E-state index contributed by atoms with van der Waals surface area (Å²) >= 11 is 9.40. The van der Waals surface area contributed by atoms with Crippen LogP contribution < -0.4 is 4.90 Å². The standard InChI is InChI=1S/C27H17BrClF2N3O2/c28-25-22(13-36-27(25)35)34(12-23(30)31)26-24(18-3-1-2-4-19(18)33-26)16-6-5-14-9-15-7-8-17(29)11-21(15)32-20(14)10-16/h1-11,23,33H,12-13H2. The van der Waals surface area contributed by atoms with Crippen LogP contribution >= 0.6 is 27.5 Å². The van der Waals surface area contributed by atoms with Crippen LogP contribution in [-0.2, 0) is 9.53 Å². The maximum atomic E-state index is 13.8. The molecule has 0 bridgehead atoms. The Morgan fingerprint density at radius 1 is 1.06 bits per heavy atom. The van der Waals surface area contributed by atoms with Crippen molar-refractivity contribution >= 4 is 72.0 Å². The third-order valence-corrected chi connectivity index (χ3v) is 7.26. The number of hydrogen-bond acceptors (Lipinski definition) is 4. The van der Waals surface area contributed by atoms with E-state index in [1.54, 1.807) is 0 Å². The van der Waals surface area contributed by atoms with Gasteiger partial charge in [0.2, 0.25) is 0 Å². The van der Waals surface area contributed by atoms with Crippen LogP contribution in [0.25, 0.3) is 43.8 Å². The average molecular weight is 569 g/mol. The molecule has 1 N–H and O–H groups in total. The lowest BCUT2D eigenvalue weighted by atomic mass is 10.0. The first-order valence-electron chi connectivity index (χ1n) is 11.1. The van der Waals surface area contributed by atoms with Crippen LogP contribution in [0.1, 0.15) is 0 Å². The molecule has 0 aliphatic carbocycles. The minimum atomic E-state index is -2.65. The fourth-order valence-corrected chi connectivity index (χ4v) is 5.23. The number of nitrogens with zero attached hydrogens (tertiary/aromatic N) is 2. The fourth-order valence-electron chi connectivity index (χ4n) is 4.62. The zero-order valence-electron chi connectivity index (χ0n) is 18.6. The first-order valence-corrected chi connectivity index (χ1v) is 12.3. The molecule has 5 aromatic rings. The molecule has 180 valence electrons. The van der Waals surface area contributed by atoms with Gasteiger partial charge in [-0.05, 0) is 51.8 Å². The monoisotopic (exact) mass is 567 g/mol. The van der Waals surface area contributed by atoms with Crippen molar-refractivity contribution in [1.82, 2.24) is 9.97 Å². The summed E-state index contributed by atoms with van der Waals surface area (Å²) in [6.07, 6.45) is -2.65. The molecule has 0 radical (unpaired) electrons. The van der Waals surface area contributed by atoms with Crippen molar-refractivity contribution in [3.8, 4) is 11.1 Å². The summed E-state index contributed by atoms with van der Waals surface area (Å²) in [5.41, 5.74) is 4.16. The molecule has 6 rings (SSSR count). The number of carbonyl (C=O) groups is 1. The first-order chi connectivity index (χ1) is 17.4. The van der Waals surface area contributed by atoms with Gasteiger partial charge in [0.05, 0.1) is 23.3 Å². The van der Waals surface area contributed by atoms with E-state index in [1.165, 1.54) is 4.90 Å². The van der Waals surface area contributed by atoms with Gasteiger partial charge in [0.15, 0.2) is 0 Å². The first kappa shape index (κ1) is 22.9. The van der Waals surface area contributed by atoms with Crippen molar-refractivity contribution in [3.05, 3.63) is 81.9 Å². The zero-order valence-corrected chi connectivity index (χ0v) is 20.9. The summed E-state index contributed by atoms with van der Waals surface area (Å²) in [6.45, 7) is -0.719. The minimum absolute atomic E-state index is 0.104. The molecule has 9 heteroatoms. The average Bonchev–Trinajstić information content (AvgIpc) is 3.41. The van der Waals surface area contributed by atoms with Crippen molar-refractivity contribution in [2.24, 2.45) is 0 Å². The number of anilines is 1. The molecule has 0 saturated carbocycles. The van der Waals surface area contributed by atoms with E-state index < -0.39 is 18.9 Å². The van der Waals surface area contributed by atoms with Gasteiger partial charge < -0.3 is 14.6 Å². The summed E-state index contributed by atoms with van der Waals surface area (Å²) in [5, 5.41) is 3.37. The van der Waals surface area contributed by atoms with Crippen molar-refractivity contribution in [3.63, 3.8) is 0 Å². The number of ether oxygens (including phenoxy) is 1. The Labute approximate surface area is 217 Å². The maximum absolute atomic E-state index is 13.8. The number of rotatable bonds is 5. The van der Waals surface area contributed by atoms with Gasteiger partial charge >= 0.3 is 5.97 Å². The second kappa shape index (κ2) is 8.87. The van der Waals surface area contributed by atoms with Crippen molar-refractivity contribution in [2.45, 2.75) is 6.43 Å². The number of pyridine rings is 1. The molecule has 36 heavy (non-hydrogen) atoms. The molecule has 3 aromatic carbocycles. The van der Waals surface area contributed by atoms with Gasteiger partial charge in [0.1, 0.15) is 16.9 Å². The number of halogens is 4. The SMILES string of the molecule is O=C1OCC(N(CC(F)F)c2[nH]c3ccccc3c2-c2ccc3cc4ccc(Cl)cc4nc3c2)=C1Br. The highest BCUT2D eigenvalue weighted by Crippen LogP contribution is 2.42. The number of nitrogens with one attached hydrogen (secondary N) is 1.